The van der Waals surface area contributed by atoms with Gasteiger partial charge in [-0.1, -0.05) is 58.8 Å². The average molecular weight is 333 g/mol. The first-order valence-corrected chi connectivity index (χ1v) is 10.3. The first kappa shape index (κ1) is 19.2. The lowest BCUT2D eigenvalue weighted by Gasteiger charge is -2.28. The van der Waals surface area contributed by atoms with Crippen molar-refractivity contribution in [2.24, 2.45) is 5.92 Å². The van der Waals surface area contributed by atoms with E-state index in [1.165, 1.54) is 76.3 Å². The molecule has 1 aromatic heterocycles. The zero-order chi connectivity index (χ0) is 17.0. The summed E-state index contributed by atoms with van der Waals surface area (Å²) in [7, 11) is 0. The van der Waals surface area contributed by atoms with Crippen molar-refractivity contribution >= 4 is 0 Å². The number of hydrogen-bond acceptors (Lipinski definition) is 3. The fourth-order valence-electron chi connectivity index (χ4n) is 3.76. The molecule has 0 saturated heterocycles. The lowest BCUT2D eigenvalue weighted by molar-refractivity contribution is 0.285. The SMILES string of the molecule is CCCCCCOc1ccc(C2CCC(CCCCC)CC2)nn1. The minimum atomic E-state index is 0.610. The Kier molecular flexibility index (Phi) is 9.15. The molecule has 1 aliphatic rings. The van der Waals surface area contributed by atoms with Crippen molar-refractivity contribution in [2.45, 2.75) is 96.8 Å². The molecule has 1 aliphatic carbocycles. The van der Waals surface area contributed by atoms with Crippen LogP contribution in [0.15, 0.2) is 12.1 Å². The van der Waals surface area contributed by atoms with Crippen LogP contribution in [0.4, 0.5) is 0 Å². The third-order valence-corrected chi connectivity index (χ3v) is 5.39. The molecule has 0 unspecified atom stereocenters. The standard InChI is InChI=1S/C21H36N2O/c1-3-5-7-9-17-24-21-16-15-20(22-23-21)19-13-11-18(12-14-19)10-8-6-4-2/h15-16,18-19H,3-14,17H2,1-2H3. The molecule has 3 nitrogen and oxygen atoms in total. The van der Waals surface area contributed by atoms with E-state index in [2.05, 4.69) is 30.1 Å². The van der Waals surface area contributed by atoms with Gasteiger partial charge in [0.05, 0.1) is 12.3 Å². The Morgan fingerprint density at radius 3 is 2.29 bits per heavy atom. The van der Waals surface area contributed by atoms with Crippen molar-refractivity contribution < 1.29 is 4.74 Å². The highest BCUT2D eigenvalue weighted by Gasteiger charge is 2.23. The summed E-state index contributed by atoms with van der Waals surface area (Å²) in [6.07, 6.45) is 15.8. The van der Waals surface area contributed by atoms with Gasteiger partial charge in [0.25, 0.3) is 0 Å². The number of rotatable bonds is 11. The Hall–Kier alpha value is -1.12. The summed E-state index contributed by atoms with van der Waals surface area (Å²) in [6, 6.07) is 4.14. The molecule has 0 amide bonds. The van der Waals surface area contributed by atoms with Crippen LogP contribution in [0.1, 0.15) is 103 Å². The predicted molar refractivity (Wildman–Crippen MR) is 101 cm³/mol. The third kappa shape index (κ3) is 6.78. The molecule has 0 spiro atoms. The Morgan fingerprint density at radius 1 is 0.875 bits per heavy atom. The normalized spacial score (nSPS) is 20.9. The van der Waals surface area contributed by atoms with E-state index in [0.29, 0.717) is 11.8 Å². The van der Waals surface area contributed by atoms with Crippen LogP contribution >= 0.6 is 0 Å². The first-order chi connectivity index (χ1) is 11.8. The largest absolute Gasteiger partial charge is 0.477 e. The van der Waals surface area contributed by atoms with Gasteiger partial charge in [0.15, 0.2) is 0 Å². The Labute approximate surface area is 148 Å². The summed E-state index contributed by atoms with van der Waals surface area (Å²) in [6.45, 7) is 5.27. The molecule has 1 aromatic rings. The first-order valence-electron chi connectivity index (χ1n) is 10.3. The predicted octanol–water partition coefficient (Wildman–Crippen LogP) is 6.29. The van der Waals surface area contributed by atoms with Gasteiger partial charge in [0.1, 0.15) is 0 Å². The highest BCUT2D eigenvalue weighted by Crippen LogP contribution is 2.37. The fraction of sp³-hybridized carbons (Fsp3) is 0.810. The Bertz CT molecular complexity index is 424. The summed E-state index contributed by atoms with van der Waals surface area (Å²) in [5, 5.41) is 8.72. The molecule has 0 N–H and O–H groups in total. The van der Waals surface area contributed by atoms with Crippen LogP contribution in [-0.2, 0) is 0 Å². The molecule has 2 rings (SSSR count). The van der Waals surface area contributed by atoms with Gasteiger partial charge < -0.3 is 4.74 Å². The highest BCUT2D eigenvalue weighted by atomic mass is 16.5. The van der Waals surface area contributed by atoms with Gasteiger partial charge >= 0.3 is 0 Å². The van der Waals surface area contributed by atoms with Crippen molar-refractivity contribution in [1.82, 2.24) is 10.2 Å². The van der Waals surface area contributed by atoms with Crippen LogP contribution in [0.5, 0.6) is 5.88 Å². The molecular weight excluding hydrogens is 296 g/mol. The molecular formula is C21H36N2O. The van der Waals surface area contributed by atoms with E-state index in [9.17, 15) is 0 Å². The van der Waals surface area contributed by atoms with Gasteiger partial charge in [-0.3, -0.25) is 0 Å². The van der Waals surface area contributed by atoms with Gasteiger partial charge in [-0.25, -0.2) is 0 Å². The maximum absolute atomic E-state index is 5.69. The number of ether oxygens (including phenoxy) is 1. The molecule has 3 heteroatoms. The van der Waals surface area contributed by atoms with E-state index in [4.69, 9.17) is 4.74 Å². The van der Waals surface area contributed by atoms with Crippen LogP contribution in [-0.4, -0.2) is 16.8 Å². The number of unbranched alkanes of at least 4 members (excludes halogenated alkanes) is 5. The Morgan fingerprint density at radius 2 is 1.62 bits per heavy atom. The maximum atomic E-state index is 5.69. The van der Waals surface area contributed by atoms with Gasteiger partial charge in [0.2, 0.25) is 5.88 Å². The number of aromatic nitrogens is 2. The van der Waals surface area contributed by atoms with E-state index in [0.717, 1.165) is 18.9 Å². The lowest BCUT2D eigenvalue weighted by atomic mass is 9.78. The van der Waals surface area contributed by atoms with Crippen LogP contribution in [0, 0.1) is 5.92 Å². The summed E-state index contributed by atoms with van der Waals surface area (Å²) < 4.78 is 5.69. The van der Waals surface area contributed by atoms with Gasteiger partial charge in [-0.05, 0) is 44.1 Å². The minimum absolute atomic E-state index is 0.610. The molecule has 0 aliphatic heterocycles. The van der Waals surface area contributed by atoms with E-state index in [1.807, 2.05) is 6.07 Å². The van der Waals surface area contributed by atoms with Crippen molar-refractivity contribution in [3.05, 3.63) is 17.8 Å². The summed E-state index contributed by atoms with van der Waals surface area (Å²) in [5.41, 5.74) is 1.17. The van der Waals surface area contributed by atoms with E-state index < -0.39 is 0 Å². The zero-order valence-corrected chi connectivity index (χ0v) is 15.8. The molecule has 136 valence electrons. The highest BCUT2D eigenvalue weighted by molar-refractivity contribution is 5.15. The van der Waals surface area contributed by atoms with Gasteiger partial charge in [0, 0.05) is 12.0 Å². The molecule has 0 bridgehead atoms. The second-order valence-electron chi connectivity index (χ2n) is 7.42. The molecule has 1 fully saturated rings. The maximum Gasteiger partial charge on any atom is 0.233 e. The van der Waals surface area contributed by atoms with E-state index in [1.54, 1.807) is 0 Å². The quantitative estimate of drug-likeness (QED) is 0.447. The number of nitrogens with zero attached hydrogens (tertiary/aromatic N) is 2. The van der Waals surface area contributed by atoms with E-state index in [-0.39, 0.29) is 0 Å². The summed E-state index contributed by atoms with van der Waals surface area (Å²) in [5.74, 6) is 2.24. The second-order valence-corrected chi connectivity index (χ2v) is 7.42. The molecule has 0 radical (unpaired) electrons. The van der Waals surface area contributed by atoms with Crippen LogP contribution in [0.2, 0.25) is 0 Å². The molecule has 1 heterocycles. The molecule has 1 saturated carbocycles. The van der Waals surface area contributed by atoms with Gasteiger partial charge in [-0.15, -0.1) is 5.10 Å². The lowest BCUT2D eigenvalue weighted by Crippen LogP contribution is -2.14. The number of hydrogen-bond donors (Lipinski definition) is 0. The smallest absolute Gasteiger partial charge is 0.233 e. The molecule has 0 atom stereocenters. The van der Waals surface area contributed by atoms with Gasteiger partial charge in [-0.2, -0.15) is 5.10 Å². The van der Waals surface area contributed by atoms with Crippen molar-refractivity contribution in [2.75, 3.05) is 6.61 Å². The van der Waals surface area contributed by atoms with Crippen LogP contribution in [0.3, 0.4) is 0 Å². The topological polar surface area (TPSA) is 35.0 Å². The monoisotopic (exact) mass is 332 g/mol. The fourth-order valence-corrected chi connectivity index (χ4v) is 3.76. The zero-order valence-electron chi connectivity index (χ0n) is 15.8. The summed E-state index contributed by atoms with van der Waals surface area (Å²) in [4.78, 5) is 0. The minimum Gasteiger partial charge on any atom is -0.477 e. The van der Waals surface area contributed by atoms with Crippen LogP contribution < -0.4 is 4.74 Å². The Balaban J connectivity index is 1.68. The third-order valence-electron chi connectivity index (χ3n) is 5.39. The molecule has 24 heavy (non-hydrogen) atoms. The average Bonchev–Trinajstić information content (AvgIpc) is 2.63. The van der Waals surface area contributed by atoms with Crippen molar-refractivity contribution in [1.29, 1.82) is 0 Å². The van der Waals surface area contributed by atoms with E-state index >= 15 is 0 Å². The van der Waals surface area contributed by atoms with Crippen molar-refractivity contribution in [3.8, 4) is 5.88 Å². The van der Waals surface area contributed by atoms with Crippen LogP contribution in [0.25, 0.3) is 0 Å². The molecule has 0 aromatic carbocycles. The summed E-state index contributed by atoms with van der Waals surface area (Å²) >= 11 is 0. The van der Waals surface area contributed by atoms with Crippen molar-refractivity contribution in [3.63, 3.8) is 0 Å². The second kappa shape index (κ2) is 11.4.